The van der Waals surface area contributed by atoms with E-state index in [2.05, 4.69) is 65.8 Å². The van der Waals surface area contributed by atoms with Gasteiger partial charge in [-0.25, -0.2) is 9.97 Å². The Hall–Kier alpha value is -3.47. The summed E-state index contributed by atoms with van der Waals surface area (Å²) < 4.78 is 0. The third kappa shape index (κ3) is 5.20. The fourth-order valence-electron chi connectivity index (χ4n) is 5.39. The van der Waals surface area contributed by atoms with Gasteiger partial charge in [0.25, 0.3) is 5.91 Å². The maximum absolute atomic E-state index is 12.3. The topological polar surface area (TPSA) is 70.7 Å². The number of benzene rings is 1. The zero-order valence-electron chi connectivity index (χ0n) is 21.2. The molecule has 0 bridgehead atoms. The molecule has 36 heavy (non-hydrogen) atoms. The van der Waals surface area contributed by atoms with Crippen molar-refractivity contribution >= 4 is 11.5 Å². The maximum atomic E-state index is 12.3. The number of H-pyrrole nitrogens is 1. The van der Waals surface area contributed by atoms with Crippen molar-refractivity contribution in [3.63, 3.8) is 0 Å². The number of amides is 1. The van der Waals surface area contributed by atoms with E-state index in [0.717, 1.165) is 54.2 Å². The number of hydrogen-bond acceptors (Lipinski definition) is 3. The van der Waals surface area contributed by atoms with Gasteiger partial charge in [-0.3, -0.25) is 4.79 Å². The SMILES string of the molecule is CCCCCCCCC1(c2nccc(-c3cc4c([nH]3)CCNC4=O)n2)C=CC(c2ccccc2)=CC1. The van der Waals surface area contributed by atoms with Crippen LogP contribution in [0.25, 0.3) is 17.0 Å². The highest BCUT2D eigenvalue weighted by atomic mass is 16.1. The van der Waals surface area contributed by atoms with Gasteiger partial charge in [0.1, 0.15) is 5.82 Å². The molecule has 1 atom stereocenters. The monoisotopic (exact) mass is 480 g/mol. The number of nitrogens with zero attached hydrogens (tertiary/aromatic N) is 2. The number of hydrogen-bond donors (Lipinski definition) is 2. The summed E-state index contributed by atoms with van der Waals surface area (Å²) in [5, 5.41) is 2.92. The lowest BCUT2D eigenvalue weighted by molar-refractivity contribution is 0.0946. The van der Waals surface area contributed by atoms with Gasteiger partial charge in [-0.1, -0.05) is 94.0 Å². The summed E-state index contributed by atoms with van der Waals surface area (Å²) >= 11 is 0. The first kappa shape index (κ1) is 24.2. The zero-order valence-corrected chi connectivity index (χ0v) is 21.2. The summed E-state index contributed by atoms with van der Waals surface area (Å²) in [6, 6.07) is 14.4. The van der Waals surface area contributed by atoms with Crippen LogP contribution in [0.4, 0.5) is 0 Å². The molecule has 1 amide bonds. The molecule has 0 radical (unpaired) electrons. The molecule has 0 saturated heterocycles. The summed E-state index contributed by atoms with van der Waals surface area (Å²) in [6.07, 6.45) is 19.1. The minimum Gasteiger partial charge on any atom is -0.356 e. The maximum Gasteiger partial charge on any atom is 0.253 e. The summed E-state index contributed by atoms with van der Waals surface area (Å²) in [6.45, 7) is 2.93. The molecule has 5 heteroatoms. The van der Waals surface area contributed by atoms with E-state index in [4.69, 9.17) is 9.97 Å². The Bertz CT molecular complexity index is 1260. The molecule has 0 saturated carbocycles. The van der Waals surface area contributed by atoms with Gasteiger partial charge in [-0.15, -0.1) is 0 Å². The summed E-state index contributed by atoms with van der Waals surface area (Å²) in [4.78, 5) is 25.6. The number of fused-ring (bicyclic) bond motifs is 1. The fourth-order valence-corrected chi connectivity index (χ4v) is 5.39. The van der Waals surface area contributed by atoms with Gasteiger partial charge in [0.15, 0.2) is 0 Å². The molecule has 2 N–H and O–H groups in total. The predicted molar refractivity (Wildman–Crippen MR) is 146 cm³/mol. The van der Waals surface area contributed by atoms with Crippen molar-refractivity contribution in [2.24, 2.45) is 0 Å². The van der Waals surface area contributed by atoms with Crippen LogP contribution in [0.15, 0.2) is 66.9 Å². The van der Waals surface area contributed by atoms with Gasteiger partial charge >= 0.3 is 0 Å². The quantitative estimate of drug-likeness (QED) is 0.314. The Morgan fingerprint density at radius 2 is 1.86 bits per heavy atom. The molecule has 5 rings (SSSR count). The molecule has 3 heterocycles. The Morgan fingerprint density at radius 1 is 1.03 bits per heavy atom. The highest BCUT2D eigenvalue weighted by Crippen LogP contribution is 2.39. The number of allylic oxidation sites excluding steroid dienone is 4. The molecular formula is C31H36N4O. The van der Waals surface area contributed by atoms with Crippen LogP contribution in [0.3, 0.4) is 0 Å². The van der Waals surface area contributed by atoms with Crippen LogP contribution in [-0.2, 0) is 11.8 Å². The Morgan fingerprint density at radius 3 is 2.64 bits per heavy atom. The summed E-state index contributed by atoms with van der Waals surface area (Å²) in [5.74, 6) is 0.853. The van der Waals surface area contributed by atoms with E-state index >= 15 is 0 Å². The molecule has 0 fully saturated rings. The predicted octanol–water partition coefficient (Wildman–Crippen LogP) is 6.79. The Balaban J connectivity index is 1.41. The highest BCUT2D eigenvalue weighted by molar-refractivity contribution is 5.97. The van der Waals surface area contributed by atoms with E-state index in [9.17, 15) is 4.79 Å². The van der Waals surface area contributed by atoms with Crippen molar-refractivity contribution in [3.8, 4) is 11.4 Å². The first-order valence-electron chi connectivity index (χ1n) is 13.5. The van der Waals surface area contributed by atoms with E-state index in [1.165, 1.54) is 43.2 Å². The molecule has 1 aliphatic heterocycles. The Labute approximate surface area is 214 Å². The fraction of sp³-hybridized carbons (Fsp3) is 0.387. The van der Waals surface area contributed by atoms with Crippen molar-refractivity contribution in [1.82, 2.24) is 20.3 Å². The van der Waals surface area contributed by atoms with E-state index in [0.29, 0.717) is 6.54 Å². The third-order valence-electron chi connectivity index (χ3n) is 7.53. The molecule has 2 aliphatic rings. The van der Waals surface area contributed by atoms with Crippen molar-refractivity contribution in [3.05, 3.63) is 89.5 Å². The largest absolute Gasteiger partial charge is 0.356 e. The normalized spacial score (nSPS) is 19.0. The molecule has 0 spiro atoms. The molecule has 5 nitrogen and oxygen atoms in total. The van der Waals surface area contributed by atoms with Crippen LogP contribution < -0.4 is 5.32 Å². The van der Waals surface area contributed by atoms with Gasteiger partial charge < -0.3 is 10.3 Å². The number of carbonyl (C=O) groups is 1. The molecule has 1 aromatic carbocycles. The average Bonchev–Trinajstić information content (AvgIpc) is 3.38. The number of aromatic amines is 1. The molecule has 186 valence electrons. The Kier molecular flexibility index (Phi) is 7.45. The van der Waals surface area contributed by atoms with Gasteiger partial charge in [-0.2, -0.15) is 0 Å². The number of aromatic nitrogens is 3. The lowest BCUT2D eigenvalue weighted by Crippen LogP contribution is -2.31. The number of nitrogens with one attached hydrogen (secondary N) is 2. The van der Waals surface area contributed by atoms with E-state index in [1.54, 1.807) is 0 Å². The van der Waals surface area contributed by atoms with Gasteiger partial charge in [-0.05, 0) is 36.1 Å². The number of rotatable bonds is 10. The first-order chi connectivity index (χ1) is 17.7. The molecule has 2 aromatic heterocycles. The van der Waals surface area contributed by atoms with E-state index in [-0.39, 0.29) is 11.3 Å². The van der Waals surface area contributed by atoms with Crippen LogP contribution in [0.2, 0.25) is 0 Å². The zero-order chi connectivity index (χ0) is 24.8. The van der Waals surface area contributed by atoms with Gasteiger partial charge in [0, 0.05) is 24.9 Å². The van der Waals surface area contributed by atoms with E-state index < -0.39 is 0 Å². The van der Waals surface area contributed by atoms with Gasteiger partial charge in [0.2, 0.25) is 0 Å². The van der Waals surface area contributed by atoms with Gasteiger partial charge in [0.05, 0.1) is 22.4 Å². The number of unbranched alkanes of at least 4 members (excludes halogenated alkanes) is 5. The third-order valence-corrected chi connectivity index (χ3v) is 7.53. The summed E-state index contributed by atoms with van der Waals surface area (Å²) in [7, 11) is 0. The second-order valence-corrected chi connectivity index (χ2v) is 10.1. The standard InChI is InChI=1S/C31H36N4O/c1-2-3-4-5-6-10-17-31(18-13-24(14-19-31)23-11-8-7-9-12-23)30-33-21-16-27(35-30)28-22-25-26(34-28)15-20-32-29(25)36/h7-9,11-14,16,18,21-22,34H,2-6,10,15,17,19-20H2,1H3,(H,32,36). The minimum absolute atomic E-state index is 0.0126. The lowest BCUT2D eigenvalue weighted by atomic mass is 9.74. The van der Waals surface area contributed by atoms with Crippen LogP contribution in [0, 0.1) is 0 Å². The highest BCUT2D eigenvalue weighted by Gasteiger charge is 2.33. The minimum atomic E-state index is -0.220. The second kappa shape index (κ2) is 11.1. The smallest absolute Gasteiger partial charge is 0.253 e. The van der Waals surface area contributed by atoms with Crippen LogP contribution in [0.5, 0.6) is 0 Å². The van der Waals surface area contributed by atoms with Crippen molar-refractivity contribution < 1.29 is 4.79 Å². The van der Waals surface area contributed by atoms with Crippen molar-refractivity contribution in [1.29, 1.82) is 0 Å². The van der Waals surface area contributed by atoms with Crippen LogP contribution in [0.1, 0.15) is 85.7 Å². The summed E-state index contributed by atoms with van der Waals surface area (Å²) in [5.41, 5.74) is 5.73. The second-order valence-electron chi connectivity index (χ2n) is 10.1. The van der Waals surface area contributed by atoms with Crippen LogP contribution >= 0.6 is 0 Å². The average molecular weight is 481 g/mol. The molecule has 1 aliphatic carbocycles. The molecule has 1 unspecified atom stereocenters. The van der Waals surface area contributed by atoms with E-state index in [1.807, 2.05) is 18.3 Å². The number of carbonyl (C=O) groups excluding carboxylic acids is 1. The molecular weight excluding hydrogens is 444 g/mol. The van der Waals surface area contributed by atoms with Crippen molar-refractivity contribution in [2.75, 3.05) is 6.54 Å². The molecule has 3 aromatic rings. The van der Waals surface area contributed by atoms with Crippen LogP contribution in [-0.4, -0.2) is 27.4 Å². The van der Waals surface area contributed by atoms with Crippen molar-refractivity contribution in [2.45, 2.75) is 70.1 Å². The first-order valence-corrected chi connectivity index (χ1v) is 13.5. The lowest BCUT2D eigenvalue weighted by Gasteiger charge is -2.31.